The van der Waals surface area contributed by atoms with Crippen LogP contribution in [-0.2, 0) is 16.1 Å². The number of rotatable bonds is 3. The van der Waals surface area contributed by atoms with Crippen LogP contribution in [0.25, 0.3) is 0 Å². The Bertz CT molecular complexity index is 955. The fraction of sp³-hybridized carbons (Fsp3) is 0.400. The highest BCUT2D eigenvalue weighted by Crippen LogP contribution is 2.34. The zero-order valence-corrected chi connectivity index (χ0v) is 15.9. The first-order valence-electron chi connectivity index (χ1n) is 9.60. The molecule has 1 aromatic carbocycles. The second-order valence-corrected chi connectivity index (χ2v) is 7.54. The van der Waals surface area contributed by atoms with Crippen LogP contribution in [0.4, 0.5) is 13.2 Å². The molecule has 0 radical (unpaired) electrons. The van der Waals surface area contributed by atoms with E-state index in [1.807, 2.05) is 0 Å². The largest absolute Gasteiger partial charge is 0.507 e. The van der Waals surface area contributed by atoms with Crippen molar-refractivity contribution >= 4 is 11.8 Å². The normalized spacial score (nSPS) is 23.7. The lowest BCUT2D eigenvalue weighted by molar-refractivity contribution is -0.129. The highest BCUT2D eigenvalue weighted by atomic mass is 19.1. The number of nitrogens with zero attached hydrogens (tertiary/aromatic N) is 2. The van der Waals surface area contributed by atoms with Gasteiger partial charge >= 0.3 is 0 Å². The van der Waals surface area contributed by atoms with E-state index in [1.165, 1.54) is 11.1 Å². The molecule has 2 unspecified atom stereocenters. The van der Waals surface area contributed by atoms with Gasteiger partial charge in [0, 0.05) is 49.6 Å². The molecule has 3 aliphatic heterocycles. The van der Waals surface area contributed by atoms with Crippen molar-refractivity contribution in [3.63, 3.8) is 0 Å². The van der Waals surface area contributed by atoms with Crippen LogP contribution in [0.1, 0.15) is 24.8 Å². The fourth-order valence-corrected chi connectivity index (χ4v) is 4.11. The minimum atomic E-state index is -1.76. The quantitative estimate of drug-likeness (QED) is 0.684. The van der Waals surface area contributed by atoms with Crippen molar-refractivity contribution in [1.82, 2.24) is 15.1 Å². The summed E-state index contributed by atoms with van der Waals surface area (Å²) < 4.78 is 40.6. The smallest absolute Gasteiger partial charge is 0.274 e. The van der Waals surface area contributed by atoms with Crippen molar-refractivity contribution in [2.24, 2.45) is 0 Å². The van der Waals surface area contributed by atoms with E-state index in [0.717, 1.165) is 12.8 Å². The average molecular weight is 423 g/mol. The van der Waals surface area contributed by atoms with Crippen LogP contribution in [0.3, 0.4) is 0 Å². The summed E-state index contributed by atoms with van der Waals surface area (Å²) in [6.07, 6.45) is 1.68. The summed E-state index contributed by atoms with van der Waals surface area (Å²) in [5.74, 6) is -5.32. The SMILES string of the molecule is O=C(NCc1c(F)cc(F)cc1F)C1=CN2C(=C(O)C1O)C(=O)N1CCCC2CC1. The predicted molar refractivity (Wildman–Crippen MR) is 98.0 cm³/mol. The molecule has 2 atom stereocenters. The predicted octanol–water partition coefficient (Wildman–Crippen LogP) is 1.44. The summed E-state index contributed by atoms with van der Waals surface area (Å²) >= 11 is 0. The van der Waals surface area contributed by atoms with Gasteiger partial charge in [-0.3, -0.25) is 9.59 Å². The average Bonchev–Trinajstić information content (AvgIpc) is 3.00. The summed E-state index contributed by atoms with van der Waals surface area (Å²) in [6, 6.07) is 0.858. The summed E-state index contributed by atoms with van der Waals surface area (Å²) in [5, 5.41) is 23.2. The van der Waals surface area contributed by atoms with Gasteiger partial charge in [0.05, 0.1) is 5.57 Å². The number of benzene rings is 1. The number of nitrogens with one attached hydrogen (secondary N) is 1. The molecule has 2 amide bonds. The molecule has 2 saturated heterocycles. The van der Waals surface area contributed by atoms with Crippen molar-refractivity contribution in [3.05, 3.63) is 58.4 Å². The van der Waals surface area contributed by atoms with Crippen LogP contribution >= 0.6 is 0 Å². The van der Waals surface area contributed by atoms with E-state index in [2.05, 4.69) is 5.32 Å². The van der Waals surface area contributed by atoms with Gasteiger partial charge in [-0.2, -0.15) is 0 Å². The van der Waals surface area contributed by atoms with E-state index in [1.54, 1.807) is 4.90 Å². The Hall–Kier alpha value is -3.01. The van der Waals surface area contributed by atoms with Crippen LogP contribution in [0, 0.1) is 17.5 Å². The number of hydrogen-bond donors (Lipinski definition) is 3. The van der Waals surface area contributed by atoms with Gasteiger partial charge in [0.15, 0.2) is 5.76 Å². The topological polar surface area (TPSA) is 93.1 Å². The third kappa shape index (κ3) is 3.41. The van der Waals surface area contributed by atoms with Crippen molar-refractivity contribution < 1.29 is 33.0 Å². The van der Waals surface area contributed by atoms with E-state index in [9.17, 15) is 33.0 Å². The first kappa shape index (κ1) is 20.3. The van der Waals surface area contributed by atoms with Gasteiger partial charge in [0.2, 0.25) is 0 Å². The molecule has 0 saturated carbocycles. The monoisotopic (exact) mass is 423 g/mol. The molecule has 160 valence electrons. The van der Waals surface area contributed by atoms with E-state index in [-0.39, 0.29) is 17.3 Å². The zero-order chi connectivity index (χ0) is 21.6. The standard InChI is InChI=1S/C20H20F3N3O4/c21-10-6-14(22)12(15(23)7-10)8-24-19(29)13-9-26-11-2-1-4-25(5-3-11)20(30)16(26)18(28)17(13)27/h6-7,9,11,17,27-28H,1-5,8H2,(H,24,29). The lowest BCUT2D eigenvalue weighted by atomic mass is 9.98. The maximum atomic E-state index is 13.8. The Kier molecular flexibility index (Phi) is 5.19. The first-order valence-corrected chi connectivity index (χ1v) is 9.60. The molecule has 3 heterocycles. The van der Waals surface area contributed by atoms with Gasteiger partial charge < -0.3 is 25.3 Å². The van der Waals surface area contributed by atoms with E-state index < -0.39 is 53.2 Å². The van der Waals surface area contributed by atoms with Gasteiger partial charge in [0.25, 0.3) is 11.8 Å². The molecular weight excluding hydrogens is 403 g/mol. The van der Waals surface area contributed by atoms with Crippen molar-refractivity contribution in [2.75, 3.05) is 13.1 Å². The number of carbonyl (C=O) groups is 2. The van der Waals surface area contributed by atoms with Gasteiger partial charge in [-0.25, -0.2) is 13.2 Å². The van der Waals surface area contributed by atoms with Gasteiger partial charge in [-0.05, 0) is 19.3 Å². The van der Waals surface area contributed by atoms with Crippen LogP contribution in [-0.4, -0.2) is 57.1 Å². The number of aliphatic hydroxyl groups is 2. The minimum Gasteiger partial charge on any atom is -0.507 e. The Morgan fingerprint density at radius 2 is 1.87 bits per heavy atom. The molecule has 1 aromatic rings. The maximum absolute atomic E-state index is 13.8. The third-order valence-electron chi connectivity index (χ3n) is 5.71. The molecule has 2 bridgehead atoms. The molecular formula is C20H20F3N3O4. The number of aliphatic hydroxyl groups excluding tert-OH is 2. The summed E-state index contributed by atoms with van der Waals surface area (Å²) in [7, 11) is 0. The second-order valence-electron chi connectivity index (χ2n) is 7.54. The van der Waals surface area contributed by atoms with Gasteiger partial charge in [-0.15, -0.1) is 0 Å². The van der Waals surface area contributed by atoms with Crippen molar-refractivity contribution in [2.45, 2.75) is 38.0 Å². The molecule has 7 nitrogen and oxygen atoms in total. The summed E-state index contributed by atoms with van der Waals surface area (Å²) in [6.45, 7) is 0.474. The van der Waals surface area contributed by atoms with Crippen LogP contribution in [0.15, 0.2) is 35.4 Å². The fourth-order valence-electron chi connectivity index (χ4n) is 4.11. The Morgan fingerprint density at radius 3 is 2.57 bits per heavy atom. The highest BCUT2D eigenvalue weighted by Gasteiger charge is 2.42. The minimum absolute atomic E-state index is 0.0585. The Balaban J connectivity index is 1.59. The third-order valence-corrected chi connectivity index (χ3v) is 5.71. The molecule has 0 aliphatic carbocycles. The first-order chi connectivity index (χ1) is 14.3. The highest BCUT2D eigenvalue weighted by molar-refractivity contribution is 5.99. The summed E-state index contributed by atoms with van der Waals surface area (Å²) in [5.41, 5.74) is -0.855. The van der Waals surface area contributed by atoms with Crippen LogP contribution in [0.2, 0.25) is 0 Å². The molecule has 2 fully saturated rings. The van der Waals surface area contributed by atoms with Crippen LogP contribution in [0.5, 0.6) is 0 Å². The molecule has 3 N–H and O–H groups in total. The number of halogens is 3. The molecule has 0 spiro atoms. The van der Waals surface area contributed by atoms with E-state index in [0.29, 0.717) is 31.6 Å². The van der Waals surface area contributed by atoms with E-state index >= 15 is 0 Å². The Labute approximate surface area is 170 Å². The van der Waals surface area contributed by atoms with Gasteiger partial charge in [-0.1, -0.05) is 0 Å². The summed E-state index contributed by atoms with van der Waals surface area (Å²) in [4.78, 5) is 28.5. The Morgan fingerprint density at radius 1 is 1.17 bits per heavy atom. The van der Waals surface area contributed by atoms with Crippen LogP contribution < -0.4 is 5.32 Å². The number of carbonyl (C=O) groups excluding carboxylic acids is 2. The maximum Gasteiger partial charge on any atom is 0.274 e. The van der Waals surface area contributed by atoms with Gasteiger partial charge in [0.1, 0.15) is 29.3 Å². The number of amides is 2. The van der Waals surface area contributed by atoms with Crippen molar-refractivity contribution in [1.29, 1.82) is 0 Å². The van der Waals surface area contributed by atoms with Crippen molar-refractivity contribution in [3.8, 4) is 0 Å². The number of hydrogen-bond acceptors (Lipinski definition) is 5. The molecule has 4 rings (SSSR count). The molecule has 30 heavy (non-hydrogen) atoms. The lowest BCUT2D eigenvalue weighted by Gasteiger charge is -2.36. The molecule has 10 heteroatoms. The molecule has 0 aromatic heterocycles. The zero-order valence-electron chi connectivity index (χ0n) is 15.9. The molecule has 3 aliphatic rings. The number of fused-ring (bicyclic) bond motifs is 5. The van der Waals surface area contributed by atoms with E-state index in [4.69, 9.17) is 0 Å². The second kappa shape index (κ2) is 7.67. The lowest BCUT2D eigenvalue weighted by Crippen LogP contribution is -2.45.